The molecule has 28 heavy (non-hydrogen) atoms. The van der Waals surface area contributed by atoms with E-state index >= 15 is 0 Å². The minimum absolute atomic E-state index is 0.0284. The zero-order chi connectivity index (χ0) is 20.3. The second-order valence-corrected chi connectivity index (χ2v) is 9.23. The molecule has 1 aliphatic heterocycles. The van der Waals surface area contributed by atoms with Gasteiger partial charge in [0, 0.05) is 31.4 Å². The molecule has 1 heterocycles. The van der Waals surface area contributed by atoms with Gasteiger partial charge in [-0.2, -0.15) is 0 Å². The van der Waals surface area contributed by atoms with Crippen LogP contribution >= 0.6 is 11.6 Å². The van der Waals surface area contributed by atoms with E-state index in [4.69, 9.17) is 11.6 Å². The van der Waals surface area contributed by atoms with Crippen LogP contribution in [0, 0.1) is 5.92 Å². The Bertz CT molecular complexity index is 953. The summed E-state index contributed by atoms with van der Waals surface area (Å²) in [6, 6.07) is 11.6. The average Bonchev–Trinajstić information content (AvgIpc) is 2.64. The van der Waals surface area contributed by atoms with Gasteiger partial charge >= 0.3 is 0 Å². The number of nitrogens with one attached hydrogen (secondary N) is 2. The highest BCUT2D eigenvalue weighted by Crippen LogP contribution is 2.28. The van der Waals surface area contributed by atoms with Crippen LogP contribution in [0.5, 0.6) is 0 Å². The zero-order valence-corrected chi connectivity index (χ0v) is 17.5. The number of hydrogen-bond donors (Lipinski definition) is 2. The van der Waals surface area contributed by atoms with Crippen LogP contribution in [0.4, 0.5) is 17.1 Å². The van der Waals surface area contributed by atoms with Crippen molar-refractivity contribution in [3.8, 4) is 0 Å². The van der Waals surface area contributed by atoms with Crippen molar-refractivity contribution < 1.29 is 13.2 Å². The molecule has 0 spiro atoms. The molecule has 2 N–H and O–H groups in total. The molecule has 1 fully saturated rings. The van der Waals surface area contributed by atoms with Gasteiger partial charge in [0.05, 0.1) is 15.6 Å². The summed E-state index contributed by atoms with van der Waals surface area (Å²) < 4.78 is 27.9. The lowest BCUT2D eigenvalue weighted by molar-refractivity contribution is -0.114. The van der Waals surface area contributed by atoms with E-state index < -0.39 is 10.0 Å². The fraction of sp³-hybridized carbons (Fsp3) is 0.350. The fourth-order valence-corrected chi connectivity index (χ4v) is 4.55. The third-order valence-electron chi connectivity index (χ3n) is 4.83. The molecule has 3 rings (SSSR count). The highest BCUT2D eigenvalue weighted by Gasteiger charge is 2.18. The van der Waals surface area contributed by atoms with Crippen molar-refractivity contribution in [2.24, 2.45) is 5.92 Å². The summed E-state index contributed by atoms with van der Waals surface area (Å²) in [5.41, 5.74) is 1.95. The van der Waals surface area contributed by atoms with Crippen LogP contribution in [0.15, 0.2) is 47.4 Å². The first-order valence-electron chi connectivity index (χ1n) is 9.19. The van der Waals surface area contributed by atoms with E-state index in [9.17, 15) is 13.2 Å². The van der Waals surface area contributed by atoms with Crippen LogP contribution < -0.4 is 14.9 Å². The Hall–Kier alpha value is -2.25. The van der Waals surface area contributed by atoms with Crippen molar-refractivity contribution in [1.82, 2.24) is 0 Å². The molecule has 0 saturated carbocycles. The molecule has 0 bridgehead atoms. The minimum atomic E-state index is -3.79. The first kappa shape index (κ1) is 20.5. The SMILES string of the molecule is CC(=O)Nc1ccc(S(=O)(=O)Nc2ccc(N3CCC(C)CC3)cc2)cc1Cl. The van der Waals surface area contributed by atoms with Crippen molar-refractivity contribution in [1.29, 1.82) is 0 Å². The monoisotopic (exact) mass is 421 g/mol. The van der Waals surface area contributed by atoms with Crippen LogP contribution in [-0.4, -0.2) is 27.4 Å². The van der Waals surface area contributed by atoms with E-state index in [0.717, 1.165) is 24.7 Å². The van der Waals surface area contributed by atoms with Crippen molar-refractivity contribution in [3.05, 3.63) is 47.5 Å². The molecular weight excluding hydrogens is 398 g/mol. The molecular formula is C20H24ClN3O3S. The van der Waals surface area contributed by atoms with Gasteiger partial charge in [-0.1, -0.05) is 18.5 Å². The van der Waals surface area contributed by atoms with Crippen molar-refractivity contribution in [2.75, 3.05) is 28.0 Å². The number of sulfonamides is 1. The van der Waals surface area contributed by atoms with Gasteiger partial charge in [0.1, 0.15) is 0 Å². The Morgan fingerprint density at radius 2 is 1.75 bits per heavy atom. The second-order valence-electron chi connectivity index (χ2n) is 7.14. The summed E-state index contributed by atoms with van der Waals surface area (Å²) in [5, 5.41) is 2.71. The number of amides is 1. The van der Waals surface area contributed by atoms with Crippen molar-refractivity contribution >= 4 is 44.6 Å². The summed E-state index contributed by atoms with van der Waals surface area (Å²) in [6.07, 6.45) is 2.34. The van der Waals surface area contributed by atoms with E-state index in [1.807, 2.05) is 12.1 Å². The third kappa shape index (κ3) is 4.97. The van der Waals surface area contributed by atoms with Crippen LogP contribution in [0.2, 0.25) is 5.02 Å². The molecule has 0 unspecified atom stereocenters. The summed E-state index contributed by atoms with van der Waals surface area (Å²) in [7, 11) is -3.79. The van der Waals surface area contributed by atoms with Crippen LogP contribution in [0.25, 0.3) is 0 Å². The van der Waals surface area contributed by atoms with Crippen LogP contribution in [-0.2, 0) is 14.8 Å². The predicted molar refractivity (Wildman–Crippen MR) is 114 cm³/mol. The highest BCUT2D eigenvalue weighted by atomic mass is 35.5. The molecule has 1 aliphatic rings. The number of piperidine rings is 1. The molecule has 8 heteroatoms. The smallest absolute Gasteiger partial charge is 0.261 e. The number of benzene rings is 2. The second kappa shape index (κ2) is 8.41. The van der Waals surface area contributed by atoms with E-state index in [1.165, 1.54) is 38.0 Å². The van der Waals surface area contributed by atoms with E-state index in [-0.39, 0.29) is 15.8 Å². The Kier molecular flexibility index (Phi) is 6.15. The van der Waals surface area contributed by atoms with Gasteiger partial charge in [-0.05, 0) is 61.2 Å². The number of nitrogens with zero attached hydrogens (tertiary/aromatic N) is 1. The molecule has 2 aromatic rings. The quantitative estimate of drug-likeness (QED) is 0.752. The first-order chi connectivity index (χ1) is 13.2. The lowest BCUT2D eigenvalue weighted by Crippen LogP contribution is -2.32. The molecule has 0 atom stereocenters. The molecule has 0 radical (unpaired) electrons. The number of anilines is 3. The van der Waals surface area contributed by atoms with E-state index in [2.05, 4.69) is 21.9 Å². The van der Waals surface area contributed by atoms with Gasteiger partial charge < -0.3 is 10.2 Å². The maximum absolute atomic E-state index is 12.6. The zero-order valence-electron chi connectivity index (χ0n) is 15.9. The Morgan fingerprint density at radius 3 is 2.32 bits per heavy atom. The van der Waals surface area contributed by atoms with E-state index in [0.29, 0.717) is 11.4 Å². The van der Waals surface area contributed by atoms with Gasteiger partial charge in [-0.3, -0.25) is 9.52 Å². The molecule has 6 nitrogen and oxygen atoms in total. The van der Waals surface area contributed by atoms with Gasteiger partial charge in [-0.25, -0.2) is 8.42 Å². The number of carbonyl (C=O) groups is 1. The fourth-order valence-electron chi connectivity index (χ4n) is 3.18. The third-order valence-corrected chi connectivity index (χ3v) is 6.52. The predicted octanol–water partition coefficient (Wildman–Crippen LogP) is 4.34. The Morgan fingerprint density at radius 1 is 1.11 bits per heavy atom. The topological polar surface area (TPSA) is 78.5 Å². The van der Waals surface area contributed by atoms with Gasteiger partial charge in [0.25, 0.3) is 10.0 Å². The highest BCUT2D eigenvalue weighted by molar-refractivity contribution is 7.92. The summed E-state index contributed by atoms with van der Waals surface area (Å²) in [6.45, 7) is 5.66. The largest absolute Gasteiger partial charge is 0.372 e. The summed E-state index contributed by atoms with van der Waals surface area (Å²) >= 11 is 6.09. The summed E-state index contributed by atoms with van der Waals surface area (Å²) in [5.74, 6) is 0.477. The maximum Gasteiger partial charge on any atom is 0.261 e. The van der Waals surface area contributed by atoms with Crippen molar-refractivity contribution in [3.63, 3.8) is 0 Å². The van der Waals surface area contributed by atoms with Crippen LogP contribution in [0.1, 0.15) is 26.7 Å². The number of rotatable bonds is 5. The first-order valence-corrected chi connectivity index (χ1v) is 11.1. The molecule has 1 amide bonds. The number of hydrogen-bond acceptors (Lipinski definition) is 4. The van der Waals surface area contributed by atoms with Gasteiger partial charge in [-0.15, -0.1) is 0 Å². The lowest BCUT2D eigenvalue weighted by atomic mass is 9.99. The van der Waals surface area contributed by atoms with Crippen molar-refractivity contribution in [2.45, 2.75) is 31.6 Å². The van der Waals surface area contributed by atoms with Gasteiger partial charge in [0.2, 0.25) is 5.91 Å². The Balaban J connectivity index is 1.72. The minimum Gasteiger partial charge on any atom is -0.372 e. The normalized spacial score (nSPS) is 15.3. The molecule has 0 aliphatic carbocycles. The average molecular weight is 422 g/mol. The van der Waals surface area contributed by atoms with Gasteiger partial charge in [0.15, 0.2) is 0 Å². The molecule has 150 valence electrons. The standard InChI is InChI=1S/C20H24ClN3O3S/c1-14-9-11-24(12-10-14)17-5-3-16(4-6-17)23-28(26,27)18-7-8-20(19(21)13-18)22-15(2)25/h3-8,13-14,23H,9-12H2,1-2H3,(H,22,25). The van der Waals surface area contributed by atoms with E-state index in [1.54, 1.807) is 12.1 Å². The summed E-state index contributed by atoms with van der Waals surface area (Å²) in [4.78, 5) is 13.5. The lowest BCUT2D eigenvalue weighted by Gasteiger charge is -2.32. The maximum atomic E-state index is 12.6. The number of carbonyl (C=O) groups excluding carboxylic acids is 1. The molecule has 1 saturated heterocycles. The number of halogens is 1. The van der Waals surface area contributed by atoms with Crippen LogP contribution in [0.3, 0.4) is 0 Å². The Labute approximate surface area is 170 Å². The molecule has 2 aromatic carbocycles. The molecule has 0 aromatic heterocycles.